The number of nitrogens with one attached hydrogen (secondary N) is 1. The topological polar surface area (TPSA) is 50.1 Å². The summed E-state index contributed by atoms with van der Waals surface area (Å²) in [6.45, 7) is 5.84. The van der Waals surface area contributed by atoms with Crippen molar-refractivity contribution in [2.45, 2.75) is 32.1 Å². The predicted octanol–water partition coefficient (Wildman–Crippen LogP) is 4.44. The molecule has 0 radical (unpaired) electrons. The summed E-state index contributed by atoms with van der Waals surface area (Å²) in [6, 6.07) is 4.34. The zero-order chi connectivity index (χ0) is 16.0. The average molecular weight is 340 g/mol. The second kappa shape index (κ2) is 5.59. The number of nitrogens with zero attached hydrogens (tertiary/aromatic N) is 2. The van der Waals surface area contributed by atoms with E-state index in [1.54, 1.807) is 10.7 Å². The summed E-state index contributed by atoms with van der Waals surface area (Å²) in [4.78, 5) is 16.9. The molecule has 116 valence electrons. The van der Waals surface area contributed by atoms with Crippen LogP contribution < -0.4 is 5.56 Å². The van der Waals surface area contributed by atoms with Gasteiger partial charge in [0.25, 0.3) is 5.56 Å². The number of fused-ring (bicyclic) bond motifs is 1. The summed E-state index contributed by atoms with van der Waals surface area (Å²) in [5.41, 5.74) is 1.10. The Bertz CT molecular complexity index is 825. The van der Waals surface area contributed by atoms with Crippen molar-refractivity contribution in [1.29, 1.82) is 0 Å². The third kappa shape index (κ3) is 2.50. The Morgan fingerprint density at radius 1 is 1.45 bits per heavy atom. The molecule has 0 amide bonds. The van der Waals surface area contributed by atoms with Crippen LogP contribution in [0, 0.1) is 5.82 Å². The normalized spacial score (nSPS) is 17.5. The Hall–Kier alpha value is -1.53. The fourth-order valence-electron chi connectivity index (χ4n) is 2.52. The van der Waals surface area contributed by atoms with Crippen LogP contribution in [-0.2, 0) is 0 Å². The molecule has 2 heterocycles. The number of hydrogen-bond acceptors (Lipinski definition) is 3. The quantitative estimate of drug-likeness (QED) is 0.879. The molecular formula is C15H15ClFN3OS. The van der Waals surface area contributed by atoms with Crippen molar-refractivity contribution in [1.82, 2.24) is 9.78 Å². The van der Waals surface area contributed by atoms with Crippen molar-refractivity contribution in [3.05, 3.63) is 50.5 Å². The fraction of sp³-hybridized carbons (Fsp3) is 0.333. The van der Waals surface area contributed by atoms with Crippen molar-refractivity contribution in [2.75, 3.05) is 0 Å². The second-order valence-corrected chi connectivity index (χ2v) is 7.14. The van der Waals surface area contributed by atoms with E-state index in [-0.39, 0.29) is 16.9 Å². The van der Waals surface area contributed by atoms with Gasteiger partial charge in [0.15, 0.2) is 5.82 Å². The second-order valence-electron chi connectivity index (χ2n) is 5.44. The van der Waals surface area contributed by atoms with Crippen LogP contribution >= 0.6 is 23.4 Å². The summed E-state index contributed by atoms with van der Waals surface area (Å²) in [5, 5.41) is 3.70. The van der Waals surface area contributed by atoms with E-state index in [0.717, 1.165) is 10.6 Å². The lowest BCUT2D eigenvalue weighted by molar-refractivity contribution is 0.533. The smallest absolute Gasteiger partial charge is 0.268 e. The SMILES string of the molecule is CC1=Nc2c(c(=O)[nH]n2C(C)C)[C@H](c2ccc(F)cc2Cl)S1. The van der Waals surface area contributed by atoms with Gasteiger partial charge in [-0.2, -0.15) is 0 Å². The van der Waals surface area contributed by atoms with E-state index in [9.17, 15) is 9.18 Å². The Kier molecular flexibility index (Phi) is 3.91. The predicted molar refractivity (Wildman–Crippen MR) is 89.1 cm³/mol. The first-order valence-corrected chi connectivity index (χ1v) is 8.15. The maximum Gasteiger partial charge on any atom is 0.271 e. The van der Waals surface area contributed by atoms with Gasteiger partial charge in [0.2, 0.25) is 0 Å². The fourth-order valence-corrected chi connectivity index (χ4v) is 4.00. The third-order valence-corrected chi connectivity index (χ3v) is 5.00. The van der Waals surface area contributed by atoms with Crippen molar-refractivity contribution < 1.29 is 4.39 Å². The van der Waals surface area contributed by atoms with Gasteiger partial charge in [0.05, 0.1) is 15.9 Å². The van der Waals surface area contributed by atoms with Crippen molar-refractivity contribution >= 4 is 34.2 Å². The number of H-pyrrole nitrogens is 1. The van der Waals surface area contributed by atoms with E-state index in [1.807, 2.05) is 20.8 Å². The highest BCUT2D eigenvalue weighted by molar-refractivity contribution is 8.14. The number of halogens is 2. The molecule has 0 aliphatic carbocycles. The first-order chi connectivity index (χ1) is 10.4. The van der Waals surface area contributed by atoms with Crippen molar-refractivity contribution in [2.24, 2.45) is 4.99 Å². The van der Waals surface area contributed by atoms with Gasteiger partial charge in [-0.3, -0.25) is 14.6 Å². The lowest BCUT2D eigenvalue weighted by atomic mass is 10.1. The molecule has 7 heteroatoms. The van der Waals surface area contributed by atoms with Gasteiger partial charge in [-0.25, -0.2) is 9.38 Å². The van der Waals surface area contributed by atoms with E-state index in [2.05, 4.69) is 10.1 Å². The molecule has 1 N–H and O–H groups in total. The summed E-state index contributed by atoms with van der Waals surface area (Å²) >= 11 is 7.64. The minimum absolute atomic E-state index is 0.0837. The van der Waals surface area contributed by atoms with Crippen LogP contribution in [0.2, 0.25) is 5.02 Å². The molecule has 2 aromatic rings. The number of rotatable bonds is 2. The molecule has 0 unspecified atom stereocenters. The summed E-state index contributed by atoms with van der Waals surface area (Å²) in [6.07, 6.45) is 0. The van der Waals surface area contributed by atoms with Crippen LogP contribution in [0.15, 0.2) is 28.0 Å². The third-order valence-electron chi connectivity index (χ3n) is 3.51. The maximum absolute atomic E-state index is 13.3. The monoisotopic (exact) mass is 339 g/mol. The average Bonchev–Trinajstić information content (AvgIpc) is 2.75. The molecule has 0 bridgehead atoms. The van der Waals surface area contributed by atoms with E-state index in [0.29, 0.717) is 16.4 Å². The van der Waals surface area contributed by atoms with Gasteiger partial charge in [-0.05, 0) is 38.5 Å². The standard InChI is InChI=1S/C15H15ClFN3OS/c1-7(2)20-14-12(15(21)19-20)13(22-8(3)18-14)10-5-4-9(17)6-11(10)16/h4-7,13H,1-3H3,(H,19,21)/t13-/m0/s1. The summed E-state index contributed by atoms with van der Waals surface area (Å²) < 4.78 is 15.0. The van der Waals surface area contributed by atoms with E-state index >= 15 is 0 Å². The van der Waals surface area contributed by atoms with Crippen LogP contribution in [0.3, 0.4) is 0 Å². The zero-order valence-corrected chi connectivity index (χ0v) is 13.9. The number of aliphatic imine (C=N–C) groups is 1. The first kappa shape index (κ1) is 15.4. The zero-order valence-electron chi connectivity index (χ0n) is 12.4. The molecule has 22 heavy (non-hydrogen) atoms. The van der Waals surface area contributed by atoms with Crippen LogP contribution in [0.5, 0.6) is 0 Å². The lowest BCUT2D eigenvalue weighted by Gasteiger charge is -2.22. The van der Waals surface area contributed by atoms with Gasteiger partial charge < -0.3 is 0 Å². The number of hydrogen-bond donors (Lipinski definition) is 1. The van der Waals surface area contributed by atoms with Gasteiger partial charge in [-0.15, -0.1) is 0 Å². The molecule has 0 spiro atoms. The molecule has 0 saturated heterocycles. The van der Waals surface area contributed by atoms with Crippen LogP contribution in [-0.4, -0.2) is 14.8 Å². The molecule has 1 aliphatic heterocycles. The summed E-state index contributed by atoms with van der Waals surface area (Å²) in [7, 11) is 0. The molecule has 0 fully saturated rings. The van der Waals surface area contributed by atoms with Gasteiger partial charge in [-0.1, -0.05) is 29.4 Å². The Morgan fingerprint density at radius 2 is 2.18 bits per heavy atom. The highest BCUT2D eigenvalue weighted by Gasteiger charge is 2.31. The van der Waals surface area contributed by atoms with E-state index in [1.165, 1.54) is 23.9 Å². The molecule has 1 aromatic heterocycles. The van der Waals surface area contributed by atoms with Crippen LogP contribution in [0.4, 0.5) is 10.2 Å². The van der Waals surface area contributed by atoms with Gasteiger partial charge in [0, 0.05) is 11.1 Å². The molecular weight excluding hydrogens is 325 g/mol. The lowest BCUT2D eigenvalue weighted by Crippen LogP contribution is -2.14. The Balaban J connectivity index is 2.22. The maximum atomic E-state index is 13.3. The minimum atomic E-state index is -0.395. The molecule has 3 rings (SSSR count). The highest BCUT2D eigenvalue weighted by atomic mass is 35.5. The molecule has 1 aromatic carbocycles. The van der Waals surface area contributed by atoms with Crippen LogP contribution in [0.25, 0.3) is 0 Å². The highest BCUT2D eigenvalue weighted by Crippen LogP contribution is 2.45. The molecule has 1 aliphatic rings. The van der Waals surface area contributed by atoms with Gasteiger partial charge in [0.1, 0.15) is 5.82 Å². The molecule has 0 saturated carbocycles. The Morgan fingerprint density at radius 3 is 2.82 bits per heavy atom. The van der Waals surface area contributed by atoms with Crippen molar-refractivity contribution in [3.63, 3.8) is 0 Å². The van der Waals surface area contributed by atoms with E-state index in [4.69, 9.17) is 11.6 Å². The largest absolute Gasteiger partial charge is 0.271 e. The van der Waals surface area contributed by atoms with Crippen molar-refractivity contribution in [3.8, 4) is 0 Å². The number of aromatic nitrogens is 2. The summed E-state index contributed by atoms with van der Waals surface area (Å²) in [5.74, 6) is 0.232. The number of thioether (sulfide) groups is 1. The molecule has 4 nitrogen and oxygen atoms in total. The number of aromatic amines is 1. The minimum Gasteiger partial charge on any atom is -0.268 e. The first-order valence-electron chi connectivity index (χ1n) is 6.89. The molecule has 1 atom stereocenters. The van der Waals surface area contributed by atoms with Gasteiger partial charge >= 0.3 is 0 Å². The van der Waals surface area contributed by atoms with E-state index < -0.39 is 5.82 Å². The Labute approximate surface area is 136 Å². The number of benzene rings is 1. The van der Waals surface area contributed by atoms with Crippen LogP contribution in [0.1, 0.15) is 43.2 Å².